The highest BCUT2D eigenvalue weighted by atomic mass is 35.5. The Morgan fingerprint density at radius 3 is 2.54 bits per heavy atom. The van der Waals surface area contributed by atoms with E-state index in [1.165, 1.54) is 16.5 Å². The zero-order valence-electron chi connectivity index (χ0n) is 20.9. The number of amidine groups is 1. The molecule has 0 radical (unpaired) electrons. The van der Waals surface area contributed by atoms with Crippen LogP contribution in [0, 0.1) is 5.92 Å². The number of aromatic amines is 1. The van der Waals surface area contributed by atoms with Crippen molar-refractivity contribution in [1.29, 1.82) is 0 Å². The maximum atomic E-state index is 12.4. The zero-order valence-corrected chi connectivity index (χ0v) is 21.7. The minimum Gasteiger partial charge on any atom is -0.368 e. The summed E-state index contributed by atoms with van der Waals surface area (Å²) in [5.41, 5.74) is 9.17. The molecule has 6 nitrogen and oxygen atoms in total. The van der Waals surface area contributed by atoms with Crippen LogP contribution in [0.1, 0.15) is 63.9 Å². The van der Waals surface area contributed by atoms with Crippen molar-refractivity contribution in [2.75, 3.05) is 13.1 Å². The minimum atomic E-state index is -0.277. The fraction of sp³-hybridized carbons (Fsp3) is 0.500. The first-order valence-corrected chi connectivity index (χ1v) is 13.1. The lowest BCUT2D eigenvalue weighted by Crippen LogP contribution is -2.54. The Hall–Kier alpha value is -2.57. The number of benzene rings is 1. The van der Waals surface area contributed by atoms with E-state index in [4.69, 9.17) is 17.3 Å². The van der Waals surface area contributed by atoms with Crippen molar-refractivity contribution in [3.8, 4) is 0 Å². The largest absolute Gasteiger partial charge is 0.368 e. The average Bonchev–Trinajstić information content (AvgIpc) is 3.26. The summed E-state index contributed by atoms with van der Waals surface area (Å²) in [6, 6.07) is 8.58. The Bertz CT molecular complexity index is 1100. The number of piperidine rings is 1. The molecule has 1 aliphatic heterocycles. The monoisotopic (exact) mass is 495 g/mol. The van der Waals surface area contributed by atoms with Crippen molar-refractivity contribution < 1.29 is 4.79 Å². The molecule has 1 atom stereocenters. The van der Waals surface area contributed by atoms with E-state index >= 15 is 0 Å². The lowest BCUT2D eigenvalue weighted by atomic mass is 9.80. The highest BCUT2D eigenvalue weighted by Crippen LogP contribution is 2.37. The summed E-state index contributed by atoms with van der Waals surface area (Å²) in [7, 11) is 0. The molecule has 1 unspecified atom stereocenters. The normalized spacial score (nSPS) is 23.5. The van der Waals surface area contributed by atoms with Gasteiger partial charge in [0.15, 0.2) is 0 Å². The summed E-state index contributed by atoms with van der Waals surface area (Å²) in [6.45, 7) is 9.48. The second-order valence-electron chi connectivity index (χ2n) is 10.1. The van der Waals surface area contributed by atoms with E-state index in [1.54, 1.807) is 6.08 Å². The molecule has 7 heteroatoms. The maximum absolute atomic E-state index is 12.4. The van der Waals surface area contributed by atoms with Crippen LogP contribution >= 0.6 is 11.6 Å². The number of aliphatic imine (C=N–C) groups is 1. The van der Waals surface area contributed by atoms with Gasteiger partial charge in [0.25, 0.3) is 0 Å². The lowest BCUT2D eigenvalue weighted by molar-refractivity contribution is -0.122. The molecule has 1 aliphatic carbocycles. The first-order valence-electron chi connectivity index (χ1n) is 12.8. The highest BCUT2D eigenvalue weighted by molar-refractivity contribution is 6.29. The standard InChI is InChI=1S/C28H38ClN5O/c1-18(29)16-19(2)32-20(3)34-14-12-22(13-15-34)27(28(30)35)33-23-10-8-21(9-11-23)25-17-31-26-7-5-4-6-24(25)26/h4-7,16-17,21-23,27,31,33H,2,8-15H2,1,3H3,(H2,30,35)/b18-16+,32-20?. The van der Waals surface area contributed by atoms with E-state index in [-0.39, 0.29) is 17.9 Å². The van der Waals surface area contributed by atoms with E-state index in [0.29, 0.717) is 22.7 Å². The van der Waals surface area contributed by atoms with Crippen LogP contribution in [0.15, 0.2) is 58.8 Å². The van der Waals surface area contributed by atoms with Crippen LogP contribution in [-0.4, -0.2) is 46.8 Å². The number of aromatic nitrogens is 1. The molecule has 4 N–H and O–H groups in total. The number of nitrogens with zero attached hydrogens (tertiary/aromatic N) is 2. The molecule has 35 heavy (non-hydrogen) atoms. The van der Waals surface area contributed by atoms with Crippen molar-refractivity contribution in [3.05, 3.63) is 59.4 Å². The molecule has 1 aromatic heterocycles. The molecule has 0 bridgehead atoms. The van der Waals surface area contributed by atoms with Crippen molar-refractivity contribution in [2.24, 2.45) is 16.6 Å². The van der Waals surface area contributed by atoms with Crippen LogP contribution in [0.5, 0.6) is 0 Å². The quantitative estimate of drug-likeness (QED) is 0.272. The number of para-hydroxylation sites is 1. The van der Waals surface area contributed by atoms with Crippen LogP contribution in [0.2, 0.25) is 0 Å². The summed E-state index contributed by atoms with van der Waals surface area (Å²) in [4.78, 5) is 22.7. The van der Waals surface area contributed by atoms with E-state index in [1.807, 2.05) is 13.8 Å². The van der Waals surface area contributed by atoms with E-state index in [0.717, 1.165) is 57.5 Å². The highest BCUT2D eigenvalue weighted by Gasteiger charge is 2.33. The number of nitrogens with one attached hydrogen (secondary N) is 2. The predicted octanol–water partition coefficient (Wildman–Crippen LogP) is 5.42. The van der Waals surface area contributed by atoms with Gasteiger partial charge < -0.3 is 20.9 Å². The van der Waals surface area contributed by atoms with Crippen molar-refractivity contribution in [1.82, 2.24) is 15.2 Å². The number of fused-ring (bicyclic) bond motifs is 1. The number of allylic oxidation sites excluding steroid dienone is 2. The number of carbonyl (C=O) groups excluding carboxylic acids is 1. The third kappa shape index (κ3) is 6.36. The SMILES string of the molecule is C=C(/C=C(\C)Cl)N=C(C)N1CCC(C(NC2CCC(c3c[nH]c4ccccc34)CC2)C(N)=O)CC1. The molecule has 2 aromatic rings. The second kappa shape index (κ2) is 11.4. The summed E-state index contributed by atoms with van der Waals surface area (Å²) >= 11 is 5.93. The fourth-order valence-electron chi connectivity index (χ4n) is 5.80. The molecule has 1 saturated heterocycles. The van der Waals surface area contributed by atoms with Crippen molar-refractivity contribution >= 4 is 34.2 Å². The molecule has 2 fully saturated rings. The van der Waals surface area contributed by atoms with Gasteiger partial charge in [0.2, 0.25) is 5.91 Å². The van der Waals surface area contributed by atoms with Gasteiger partial charge >= 0.3 is 0 Å². The molecule has 0 spiro atoms. The summed E-state index contributed by atoms with van der Waals surface area (Å²) in [6.07, 6.45) is 10.1. The number of H-pyrrole nitrogens is 1. The second-order valence-corrected chi connectivity index (χ2v) is 10.7. The number of rotatable bonds is 7. The first-order chi connectivity index (χ1) is 16.8. The van der Waals surface area contributed by atoms with Gasteiger partial charge in [-0.3, -0.25) is 4.79 Å². The number of hydrogen-bond donors (Lipinski definition) is 3. The maximum Gasteiger partial charge on any atom is 0.234 e. The Morgan fingerprint density at radius 2 is 1.89 bits per heavy atom. The molecule has 1 amide bonds. The predicted molar refractivity (Wildman–Crippen MR) is 146 cm³/mol. The minimum absolute atomic E-state index is 0.233. The van der Waals surface area contributed by atoms with Gasteiger partial charge in [-0.1, -0.05) is 36.4 Å². The summed E-state index contributed by atoms with van der Waals surface area (Å²) in [5, 5.41) is 5.66. The number of likely N-dealkylation sites (tertiary alicyclic amines) is 1. The Kier molecular flexibility index (Phi) is 8.34. The molecule has 1 saturated carbocycles. The summed E-state index contributed by atoms with van der Waals surface area (Å²) < 4.78 is 0. The molecule has 2 aliphatic rings. The van der Waals surface area contributed by atoms with Gasteiger partial charge in [-0.05, 0) is 81.9 Å². The lowest BCUT2D eigenvalue weighted by Gasteiger charge is -2.38. The number of primary amides is 1. The van der Waals surface area contributed by atoms with Gasteiger partial charge in [0, 0.05) is 41.3 Å². The fourth-order valence-corrected chi connectivity index (χ4v) is 5.93. The number of hydrogen-bond acceptors (Lipinski definition) is 3. The number of carbonyl (C=O) groups is 1. The Balaban J connectivity index is 1.30. The third-order valence-corrected chi connectivity index (χ3v) is 7.76. The topological polar surface area (TPSA) is 86.5 Å². The molecular weight excluding hydrogens is 458 g/mol. The van der Waals surface area contributed by atoms with Crippen LogP contribution in [0.4, 0.5) is 0 Å². The Morgan fingerprint density at radius 1 is 1.20 bits per heavy atom. The van der Waals surface area contributed by atoms with Gasteiger partial charge in [-0.15, -0.1) is 0 Å². The van der Waals surface area contributed by atoms with E-state index in [9.17, 15) is 4.79 Å². The number of amides is 1. The van der Waals surface area contributed by atoms with Gasteiger partial charge in [0.05, 0.1) is 11.7 Å². The molecule has 2 heterocycles. The van der Waals surface area contributed by atoms with Crippen molar-refractivity contribution in [2.45, 2.75) is 70.4 Å². The summed E-state index contributed by atoms with van der Waals surface area (Å²) in [5.74, 6) is 1.51. The van der Waals surface area contributed by atoms with Crippen LogP contribution in [0.25, 0.3) is 10.9 Å². The Labute approximate surface area is 213 Å². The number of nitrogens with two attached hydrogens (primary N) is 1. The molecular formula is C28H38ClN5O. The van der Waals surface area contributed by atoms with Crippen LogP contribution in [0.3, 0.4) is 0 Å². The van der Waals surface area contributed by atoms with Crippen LogP contribution in [-0.2, 0) is 4.79 Å². The first kappa shape index (κ1) is 25.5. The van der Waals surface area contributed by atoms with Gasteiger partial charge in [-0.2, -0.15) is 0 Å². The van der Waals surface area contributed by atoms with E-state index in [2.05, 4.69) is 57.2 Å². The molecule has 1 aromatic carbocycles. The molecule has 4 rings (SSSR count). The van der Waals surface area contributed by atoms with Gasteiger partial charge in [0.1, 0.15) is 5.84 Å². The molecule has 188 valence electrons. The van der Waals surface area contributed by atoms with Crippen LogP contribution < -0.4 is 11.1 Å². The zero-order chi connectivity index (χ0) is 24.9. The average molecular weight is 496 g/mol. The smallest absolute Gasteiger partial charge is 0.234 e. The number of halogens is 1. The van der Waals surface area contributed by atoms with E-state index < -0.39 is 0 Å². The van der Waals surface area contributed by atoms with Gasteiger partial charge in [-0.25, -0.2) is 4.99 Å². The third-order valence-electron chi connectivity index (χ3n) is 7.65. The van der Waals surface area contributed by atoms with Crippen molar-refractivity contribution in [3.63, 3.8) is 0 Å².